The summed E-state index contributed by atoms with van der Waals surface area (Å²) in [6.45, 7) is 0.267. The van der Waals surface area contributed by atoms with Crippen molar-refractivity contribution in [3.63, 3.8) is 0 Å². The number of aliphatic hydroxyl groups is 2. The van der Waals surface area contributed by atoms with E-state index in [0.29, 0.717) is 0 Å². The Hall–Kier alpha value is -2.55. The summed E-state index contributed by atoms with van der Waals surface area (Å²) in [6.07, 6.45) is -2.04. The van der Waals surface area contributed by atoms with E-state index < -0.39 is 35.6 Å². The molecule has 0 bridgehead atoms. The van der Waals surface area contributed by atoms with Crippen molar-refractivity contribution >= 4 is 11.6 Å². The van der Waals surface area contributed by atoms with E-state index in [1.54, 1.807) is 6.07 Å². The van der Waals surface area contributed by atoms with Crippen LogP contribution in [0.15, 0.2) is 11.0 Å². The molecule has 1 fully saturated rings. The molecule has 23 heavy (non-hydrogen) atoms. The average Bonchev–Trinajstić information content (AvgIpc) is 2.99. The van der Waals surface area contributed by atoms with Crippen LogP contribution in [0.4, 0.5) is 10.3 Å². The molecule has 3 heterocycles. The van der Waals surface area contributed by atoms with E-state index >= 15 is 4.39 Å². The summed E-state index contributed by atoms with van der Waals surface area (Å²) >= 11 is 0. The highest BCUT2D eigenvalue weighted by molar-refractivity contribution is 5.43. The molecule has 4 unspecified atom stereocenters. The van der Waals surface area contributed by atoms with Gasteiger partial charge < -0.3 is 20.7 Å². The number of nitrogens with zero attached hydrogens (tertiary/aromatic N) is 4. The molecule has 1 aliphatic rings. The first-order valence-corrected chi connectivity index (χ1v) is 6.59. The molecule has 2 aromatic heterocycles. The van der Waals surface area contributed by atoms with E-state index in [0.717, 1.165) is 17.6 Å². The lowest BCUT2D eigenvalue weighted by atomic mass is 9.82. The van der Waals surface area contributed by atoms with Crippen molar-refractivity contribution in [2.24, 2.45) is 0 Å². The Morgan fingerprint density at radius 3 is 2.96 bits per heavy atom. The number of nitriles is 1. The number of fused-ring (bicyclic) bond motifs is 1. The van der Waals surface area contributed by atoms with Crippen molar-refractivity contribution < 1.29 is 19.3 Å². The summed E-state index contributed by atoms with van der Waals surface area (Å²) in [5.74, 6) is -0.271. The first-order chi connectivity index (χ1) is 10.8. The number of halogens is 1. The van der Waals surface area contributed by atoms with Gasteiger partial charge in [-0.3, -0.25) is 9.78 Å². The standard InChI is InChI=1S/C12H13FN6O4/c1-11(13)7(21)5(3-20)23-12(11,4-14)6-2-16-8-9(22)17-10(15)18-19(6)8/h2,5,7,20-21H,3H2,1H3,(H3,15,17,18,22). The third-order valence-electron chi connectivity index (χ3n) is 4.01. The van der Waals surface area contributed by atoms with Crippen LogP contribution in [0.5, 0.6) is 0 Å². The molecule has 5 N–H and O–H groups in total. The number of imidazole rings is 1. The molecular formula is C12H13FN6O4. The topological polar surface area (TPSA) is 163 Å². The number of nitrogens with one attached hydrogen (secondary N) is 1. The molecule has 3 rings (SSSR count). The van der Waals surface area contributed by atoms with Crippen LogP contribution >= 0.6 is 0 Å². The number of alkyl halides is 1. The van der Waals surface area contributed by atoms with Crippen LogP contribution in [0.25, 0.3) is 5.65 Å². The van der Waals surface area contributed by atoms with Gasteiger partial charge in [0, 0.05) is 0 Å². The normalized spacial score (nSPS) is 33.9. The second-order valence-electron chi connectivity index (χ2n) is 5.37. The number of rotatable bonds is 2. The third kappa shape index (κ3) is 1.79. The molecule has 0 amide bonds. The Kier molecular flexibility index (Phi) is 3.15. The van der Waals surface area contributed by atoms with Gasteiger partial charge in [0.2, 0.25) is 17.2 Å². The van der Waals surface area contributed by atoms with Gasteiger partial charge in [-0.15, -0.1) is 5.10 Å². The van der Waals surface area contributed by atoms with Crippen molar-refractivity contribution in [3.05, 3.63) is 22.2 Å². The maximum Gasteiger partial charge on any atom is 0.295 e. The summed E-state index contributed by atoms with van der Waals surface area (Å²) in [4.78, 5) is 17.8. The van der Waals surface area contributed by atoms with Gasteiger partial charge in [-0.1, -0.05) is 0 Å². The Bertz CT molecular complexity index is 871. The van der Waals surface area contributed by atoms with Gasteiger partial charge in [0.25, 0.3) is 5.56 Å². The number of nitrogens with two attached hydrogens (primary N) is 1. The number of hydrogen-bond acceptors (Lipinski definition) is 8. The summed E-state index contributed by atoms with van der Waals surface area (Å²) in [7, 11) is 0. The average molecular weight is 324 g/mol. The van der Waals surface area contributed by atoms with Gasteiger partial charge in [0.1, 0.15) is 24.0 Å². The predicted molar refractivity (Wildman–Crippen MR) is 72.8 cm³/mol. The maximum absolute atomic E-state index is 15.2. The molecule has 1 saturated heterocycles. The molecule has 1 aliphatic heterocycles. The van der Waals surface area contributed by atoms with Gasteiger partial charge in [-0.25, -0.2) is 13.9 Å². The molecule has 0 spiro atoms. The Labute approximate surface area is 127 Å². The molecular weight excluding hydrogens is 311 g/mol. The zero-order chi connectivity index (χ0) is 17.0. The highest BCUT2D eigenvalue weighted by Gasteiger charge is 2.67. The SMILES string of the molecule is CC1(F)C(O)C(CO)OC1(C#N)c1cnc2c(=O)[nH]c(N)nn12. The van der Waals surface area contributed by atoms with Crippen LogP contribution < -0.4 is 11.3 Å². The van der Waals surface area contributed by atoms with E-state index in [-0.39, 0.29) is 17.3 Å². The van der Waals surface area contributed by atoms with Crippen LogP contribution in [0.2, 0.25) is 0 Å². The number of ether oxygens (including phenoxy) is 1. The van der Waals surface area contributed by atoms with E-state index in [4.69, 9.17) is 10.5 Å². The molecule has 0 aromatic carbocycles. The second-order valence-corrected chi connectivity index (χ2v) is 5.37. The lowest BCUT2D eigenvalue weighted by molar-refractivity contribution is -0.0719. The zero-order valence-corrected chi connectivity index (χ0v) is 11.9. The van der Waals surface area contributed by atoms with Crippen LogP contribution in [0.1, 0.15) is 12.6 Å². The van der Waals surface area contributed by atoms with Crippen molar-refractivity contribution in [1.29, 1.82) is 5.26 Å². The summed E-state index contributed by atoms with van der Waals surface area (Å²) in [5, 5.41) is 32.6. The second kappa shape index (κ2) is 4.72. The number of hydrogen-bond donors (Lipinski definition) is 4. The van der Waals surface area contributed by atoms with Gasteiger partial charge in [-0.05, 0) is 6.92 Å². The van der Waals surface area contributed by atoms with E-state index in [1.165, 1.54) is 0 Å². The first kappa shape index (κ1) is 15.3. The predicted octanol–water partition coefficient (Wildman–Crippen LogP) is -1.80. The van der Waals surface area contributed by atoms with E-state index in [1.807, 2.05) is 0 Å². The Morgan fingerprint density at radius 2 is 2.39 bits per heavy atom. The van der Waals surface area contributed by atoms with Crippen LogP contribution in [0, 0.1) is 11.3 Å². The van der Waals surface area contributed by atoms with Crippen molar-refractivity contribution in [3.8, 4) is 6.07 Å². The minimum atomic E-state index is -2.59. The minimum Gasteiger partial charge on any atom is -0.394 e. The molecule has 10 nitrogen and oxygen atoms in total. The molecule has 0 aliphatic carbocycles. The summed E-state index contributed by atoms with van der Waals surface area (Å²) in [6, 6.07) is 1.67. The number of anilines is 1. The maximum atomic E-state index is 15.2. The number of aliphatic hydroxyl groups excluding tert-OH is 2. The summed E-state index contributed by atoms with van der Waals surface area (Å²) < 4.78 is 21.4. The number of H-pyrrole nitrogens is 1. The quantitative estimate of drug-likeness (QED) is 0.502. The Balaban J connectivity index is 2.32. The number of nitrogen functional groups attached to an aromatic ring is 1. The third-order valence-corrected chi connectivity index (χ3v) is 4.01. The molecule has 11 heteroatoms. The molecule has 122 valence electrons. The summed E-state index contributed by atoms with van der Waals surface area (Å²) in [5.41, 5.74) is -0.576. The fraction of sp³-hybridized carbons (Fsp3) is 0.500. The molecule has 0 radical (unpaired) electrons. The number of aromatic amines is 1. The molecule has 0 saturated carbocycles. The van der Waals surface area contributed by atoms with Gasteiger partial charge in [-0.2, -0.15) is 5.26 Å². The van der Waals surface area contributed by atoms with E-state index in [2.05, 4.69) is 15.1 Å². The van der Waals surface area contributed by atoms with Gasteiger partial charge in [0.05, 0.1) is 12.8 Å². The smallest absolute Gasteiger partial charge is 0.295 e. The molecule has 2 aromatic rings. The van der Waals surface area contributed by atoms with Gasteiger partial charge >= 0.3 is 0 Å². The highest BCUT2D eigenvalue weighted by Crippen LogP contribution is 2.48. The van der Waals surface area contributed by atoms with Crippen LogP contribution in [-0.2, 0) is 10.3 Å². The largest absolute Gasteiger partial charge is 0.394 e. The van der Waals surface area contributed by atoms with Crippen LogP contribution in [0.3, 0.4) is 0 Å². The van der Waals surface area contributed by atoms with Crippen LogP contribution in [-0.4, -0.2) is 54.3 Å². The first-order valence-electron chi connectivity index (χ1n) is 6.59. The van der Waals surface area contributed by atoms with Crippen molar-refractivity contribution in [1.82, 2.24) is 19.6 Å². The number of aromatic nitrogens is 4. The Morgan fingerprint density at radius 1 is 1.70 bits per heavy atom. The van der Waals surface area contributed by atoms with Gasteiger partial charge in [0.15, 0.2) is 5.67 Å². The lowest BCUT2D eigenvalue weighted by Crippen LogP contribution is -2.48. The van der Waals surface area contributed by atoms with Crippen molar-refractivity contribution in [2.45, 2.75) is 30.4 Å². The van der Waals surface area contributed by atoms with Crippen molar-refractivity contribution in [2.75, 3.05) is 12.3 Å². The highest BCUT2D eigenvalue weighted by atomic mass is 19.1. The fourth-order valence-electron chi connectivity index (χ4n) is 2.75. The van der Waals surface area contributed by atoms with E-state index in [9.17, 15) is 20.3 Å². The molecule has 4 atom stereocenters. The lowest BCUT2D eigenvalue weighted by Gasteiger charge is -2.30. The zero-order valence-electron chi connectivity index (χ0n) is 11.9. The minimum absolute atomic E-state index is 0.215. The monoisotopic (exact) mass is 324 g/mol. The fourth-order valence-corrected chi connectivity index (χ4v) is 2.75.